The van der Waals surface area contributed by atoms with Gasteiger partial charge >= 0.3 is 0 Å². The first kappa shape index (κ1) is 17.0. The van der Waals surface area contributed by atoms with Crippen LogP contribution in [-0.4, -0.2) is 74.8 Å². The van der Waals surface area contributed by atoms with Crippen LogP contribution in [0.1, 0.15) is 45.4 Å². The highest BCUT2D eigenvalue weighted by Crippen LogP contribution is 2.38. The Kier molecular flexibility index (Phi) is 6.17. The predicted octanol–water partition coefficient (Wildman–Crippen LogP) is 1.94. The fourth-order valence-corrected chi connectivity index (χ4v) is 4.15. The van der Waals surface area contributed by atoms with Crippen molar-refractivity contribution in [1.29, 1.82) is 0 Å². The van der Waals surface area contributed by atoms with E-state index in [0.717, 1.165) is 45.4 Å². The van der Waals surface area contributed by atoms with Crippen LogP contribution in [0.3, 0.4) is 0 Å². The molecule has 5 heteroatoms. The van der Waals surface area contributed by atoms with Gasteiger partial charge in [0.15, 0.2) is 5.96 Å². The molecule has 0 radical (unpaired) electrons. The average Bonchev–Trinajstić information content (AvgIpc) is 3.30. The number of likely N-dealkylation sites (tertiary alicyclic amines) is 2. The lowest BCUT2D eigenvalue weighted by Crippen LogP contribution is -2.41. The number of nitrogens with zero attached hydrogens (tertiary/aromatic N) is 3. The molecule has 0 aromatic carbocycles. The SMILES string of the molecule is CCNC(=NCCCCN1CCCC1)N1CCC2(CCOC2)C1. The highest BCUT2D eigenvalue weighted by molar-refractivity contribution is 5.80. The van der Waals surface area contributed by atoms with E-state index in [0.29, 0.717) is 5.41 Å². The number of rotatable bonds is 6. The van der Waals surface area contributed by atoms with Crippen molar-refractivity contribution in [1.82, 2.24) is 15.1 Å². The van der Waals surface area contributed by atoms with Gasteiger partial charge in [0.2, 0.25) is 0 Å². The van der Waals surface area contributed by atoms with Crippen molar-refractivity contribution in [3.05, 3.63) is 0 Å². The molecule has 1 unspecified atom stereocenters. The molecule has 3 rings (SSSR count). The smallest absolute Gasteiger partial charge is 0.193 e. The van der Waals surface area contributed by atoms with Gasteiger partial charge in [-0.1, -0.05) is 0 Å². The quantitative estimate of drug-likeness (QED) is 0.461. The Morgan fingerprint density at radius 3 is 2.78 bits per heavy atom. The number of ether oxygens (including phenoxy) is 1. The first-order valence-electron chi connectivity index (χ1n) is 9.65. The third-order valence-electron chi connectivity index (χ3n) is 5.60. The maximum absolute atomic E-state index is 5.64. The number of hydrogen-bond acceptors (Lipinski definition) is 3. The zero-order valence-electron chi connectivity index (χ0n) is 14.9. The summed E-state index contributed by atoms with van der Waals surface area (Å²) >= 11 is 0. The van der Waals surface area contributed by atoms with Gasteiger partial charge in [0, 0.05) is 38.2 Å². The van der Waals surface area contributed by atoms with E-state index >= 15 is 0 Å². The number of nitrogens with one attached hydrogen (secondary N) is 1. The summed E-state index contributed by atoms with van der Waals surface area (Å²) in [5.74, 6) is 1.12. The summed E-state index contributed by atoms with van der Waals surface area (Å²) in [4.78, 5) is 9.94. The van der Waals surface area contributed by atoms with Gasteiger partial charge in [-0.2, -0.15) is 0 Å². The first-order valence-corrected chi connectivity index (χ1v) is 9.65. The predicted molar refractivity (Wildman–Crippen MR) is 94.9 cm³/mol. The lowest BCUT2D eigenvalue weighted by molar-refractivity contribution is 0.156. The van der Waals surface area contributed by atoms with Crippen LogP contribution in [0.4, 0.5) is 0 Å². The first-order chi connectivity index (χ1) is 11.3. The number of hydrogen-bond donors (Lipinski definition) is 1. The number of aliphatic imine (C=N–C) groups is 1. The van der Waals surface area contributed by atoms with Crippen molar-refractivity contribution >= 4 is 5.96 Å². The summed E-state index contributed by atoms with van der Waals surface area (Å²) < 4.78 is 5.64. The van der Waals surface area contributed by atoms with Gasteiger partial charge in [-0.05, 0) is 65.1 Å². The molecule has 3 aliphatic heterocycles. The van der Waals surface area contributed by atoms with Crippen LogP contribution in [0, 0.1) is 5.41 Å². The number of guanidine groups is 1. The summed E-state index contributed by atoms with van der Waals surface area (Å²) in [6.45, 7) is 12.1. The van der Waals surface area contributed by atoms with Gasteiger partial charge in [-0.15, -0.1) is 0 Å². The molecule has 132 valence electrons. The van der Waals surface area contributed by atoms with E-state index in [9.17, 15) is 0 Å². The molecule has 0 aliphatic carbocycles. The maximum Gasteiger partial charge on any atom is 0.193 e. The van der Waals surface area contributed by atoms with Crippen LogP contribution in [0.5, 0.6) is 0 Å². The Bertz CT molecular complexity index is 386. The average molecular weight is 322 g/mol. The molecular weight excluding hydrogens is 288 g/mol. The topological polar surface area (TPSA) is 40.1 Å². The molecule has 3 fully saturated rings. The second-order valence-electron chi connectivity index (χ2n) is 7.47. The van der Waals surface area contributed by atoms with Gasteiger partial charge < -0.3 is 19.9 Å². The van der Waals surface area contributed by atoms with E-state index < -0.39 is 0 Å². The molecule has 0 bridgehead atoms. The summed E-state index contributed by atoms with van der Waals surface area (Å²) in [6, 6.07) is 0. The zero-order valence-corrected chi connectivity index (χ0v) is 14.9. The molecular formula is C18H34N4O. The summed E-state index contributed by atoms with van der Waals surface area (Å²) in [6.07, 6.45) is 7.74. The molecule has 0 saturated carbocycles. The van der Waals surface area contributed by atoms with Gasteiger partial charge in [0.1, 0.15) is 0 Å². The largest absolute Gasteiger partial charge is 0.381 e. The van der Waals surface area contributed by atoms with Crippen molar-refractivity contribution in [3.63, 3.8) is 0 Å². The Balaban J connectivity index is 1.42. The van der Waals surface area contributed by atoms with Gasteiger partial charge in [-0.3, -0.25) is 4.99 Å². The fourth-order valence-electron chi connectivity index (χ4n) is 4.15. The Morgan fingerprint density at radius 1 is 1.17 bits per heavy atom. The van der Waals surface area contributed by atoms with Crippen LogP contribution in [0.2, 0.25) is 0 Å². The molecule has 3 heterocycles. The van der Waals surface area contributed by atoms with E-state index in [1.165, 1.54) is 58.2 Å². The second-order valence-corrected chi connectivity index (χ2v) is 7.47. The van der Waals surface area contributed by atoms with Crippen molar-refractivity contribution in [2.75, 3.05) is 59.0 Å². The van der Waals surface area contributed by atoms with E-state index in [1.807, 2.05) is 0 Å². The molecule has 1 spiro atoms. The second kappa shape index (κ2) is 8.34. The molecule has 0 amide bonds. The van der Waals surface area contributed by atoms with Crippen LogP contribution in [-0.2, 0) is 4.74 Å². The molecule has 1 N–H and O–H groups in total. The third-order valence-corrected chi connectivity index (χ3v) is 5.60. The molecule has 0 aromatic heterocycles. The van der Waals surface area contributed by atoms with Crippen molar-refractivity contribution < 1.29 is 4.74 Å². The highest BCUT2D eigenvalue weighted by Gasteiger charge is 2.42. The van der Waals surface area contributed by atoms with Gasteiger partial charge in [-0.25, -0.2) is 0 Å². The standard InChI is InChI=1S/C18H34N4O/c1-2-19-17(20-9-3-4-10-21-11-5-6-12-21)22-13-7-18(15-22)8-14-23-16-18/h2-16H2,1H3,(H,19,20). The molecule has 3 aliphatic rings. The minimum Gasteiger partial charge on any atom is -0.381 e. The highest BCUT2D eigenvalue weighted by atomic mass is 16.5. The van der Waals surface area contributed by atoms with E-state index in [4.69, 9.17) is 9.73 Å². The third kappa shape index (κ3) is 4.60. The van der Waals surface area contributed by atoms with Crippen LogP contribution >= 0.6 is 0 Å². The summed E-state index contributed by atoms with van der Waals surface area (Å²) in [5.41, 5.74) is 0.409. The normalized spacial score (nSPS) is 29.1. The van der Waals surface area contributed by atoms with Gasteiger partial charge in [0.25, 0.3) is 0 Å². The maximum atomic E-state index is 5.64. The van der Waals surface area contributed by atoms with E-state index in [1.54, 1.807) is 0 Å². The van der Waals surface area contributed by atoms with Crippen LogP contribution < -0.4 is 5.32 Å². The minimum absolute atomic E-state index is 0.409. The monoisotopic (exact) mass is 322 g/mol. The van der Waals surface area contributed by atoms with Crippen LogP contribution in [0.15, 0.2) is 4.99 Å². The van der Waals surface area contributed by atoms with Crippen molar-refractivity contribution in [3.8, 4) is 0 Å². The molecule has 23 heavy (non-hydrogen) atoms. The lowest BCUT2D eigenvalue weighted by atomic mass is 9.87. The van der Waals surface area contributed by atoms with Crippen molar-refractivity contribution in [2.24, 2.45) is 10.4 Å². The number of unbranched alkanes of at least 4 members (excludes halogenated alkanes) is 1. The Morgan fingerprint density at radius 2 is 2.04 bits per heavy atom. The lowest BCUT2D eigenvalue weighted by Gasteiger charge is -2.25. The molecule has 0 aromatic rings. The van der Waals surface area contributed by atoms with Crippen LogP contribution in [0.25, 0.3) is 0 Å². The Hall–Kier alpha value is -0.810. The minimum atomic E-state index is 0.409. The summed E-state index contributed by atoms with van der Waals surface area (Å²) in [7, 11) is 0. The van der Waals surface area contributed by atoms with Gasteiger partial charge in [0.05, 0.1) is 6.61 Å². The fraction of sp³-hybridized carbons (Fsp3) is 0.944. The molecule has 1 atom stereocenters. The molecule has 5 nitrogen and oxygen atoms in total. The van der Waals surface area contributed by atoms with E-state index in [2.05, 4.69) is 22.0 Å². The van der Waals surface area contributed by atoms with Crippen molar-refractivity contribution in [2.45, 2.75) is 45.4 Å². The zero-order chi connectivity index (χ0) is 16.0. The Labute approximate surface area is 141 Å². The van der Waals surface area contributed by atoms with E-state index in [-0.39, 0.29) is 0 Å². The molecule has 3 saturated heterocycles. The summed E-state index contributed by atoms with van der Waals surface area (Å²) in [5, 5.41) is 3.49.